The number of benzene rings is 2. The van der Waals surface area contributed by atoms with Crippen LogP contribution in [0.3, 0.4) is 0 Å². The zero-order chi connectivity index (χ0) is 18.1. The van der Waals surface area contributed by atoms with Crippen molar-refractivity contribution in [3.8, 4) is 0 Å². The molecule has 0 radical (unpaired) electrons. The van der Waals surface area contributed by atoms with Crippen LogP contribution in [0.4, 0.5) is 0 Å². The smallest absolute Gasteiger partial charge is 0.247 e. The first-order valence-electron chi connectivity index (χ1n) is 7.87. The summed E-state index contributed by atoms with van der Waals surface area (Å²) < 4.78 is 33.1. The standard InChI is InChI=1S/C18H22O4S3/c1-15-3-7-17(8-4-15)23-13-11-21-25(19,20)22-12-14-24-18-9-5-16(2)6-10-18/h3-10H,11-14H2,1-2H3. The molecule has 0 bridgehead atoms. The van der Waals surface area contributed by atoms with E-state index >= 15 is 0 Å². The van der Waals surface area contributed by atoms with Crippen molar-refractivity contribution in [3.05, 3.63) is 59.7 Å². The molecule has 0 aliphatic heterocycles. The minimum atomic E-state index is -3.93. The molecule has 0 saturated heterocycles. The molecule has 0 aliphatic carbocycles. The lowest BCUT2D eigenvalue weighted by atomic mass is 10.2. The molecule has 2 aromatic rings. The van der Waals surface area contributed by atoms with E-state index in [1.807, 2.05) is 62.4 Å². The molecule has 2 rings (SSSR count). The van der Waals surface area contributed by atoms with Crippen molar-refractivity contribution in [3.63, 3.8) is 0 Å². The average Bonchev–Trinajstić information content (AvgIpc) is 2.59. The molecule has 0 aliphatic rings. The Morgan fingerprint density at radius 2 is 1.08 bits per heavy atom. The third-order valence-electron chi connectivity index (χ3n) is 3.20. The number of aryl methyl sites for hydroxylation is 2. The van der Waals surface area contributed by atoms with Crippen molar-refractivity contribution < 1.29 is 16.8 Å². The van der Waals surface area contributed by atoms with Crippen LogP contribution in [0.5, 0.6) is 0 Å². The summed E-state index contributed by atoms with van der Waals surface area (Å²) in [4.78, 5) is 2.17. The summed E-state index contributed by atoms with van der Waals surface area (Å²) in [5, 5.41) is 0. The van der Waals surface area contributed by atoms with Crippen LogP contribution >= 0.6 is 23.5 Å². The fourth-order valence-corrected chi connectivity index (χ4v) is 4.21. The first kappa shape index (κ1) is 20.3. The quantitative estimate of drug-likeness (QED) is 0.435. The Labute approximate surface area is 158 Å². The molecule has 25 heavy (non-hydrogen) atoms. The maximum Gasteiger partial charge on any atom is 0.399 e. The van der Waals surface area contributed by atoms with Crippen LogP contribution in [0.25, 0.3) is 0 Å². The molecule has 4 nitrogen and oxygen atoms in total. The summed E-state index contributed by atoms with van der Waals surface area (Å²) in [6.45, 7) is 4.23. The second-order valence-corrected chi connectivity index (χ2v) is 9.00. The summed E-state index contributed by atoms with van der Waals surface area (Å²) in [7, 11) is -3.93. The van der Waals surface area contributed by atoms with E-state index in [9.17, 15) is 8.42 Å². The van der Waals surface area contributed by atoms with Gasteiger partial charge in [-0.25, -0.2) is 8.37 Å². The fraction of sp³-hybridized carbons (Fsp3) is 0.333. The predicted molar refractivity (Wildman–Crippen MR) is 105 cm³/mol. The van der Waals surface area contributed by atoms with Gasteiger partial charge in [0.15, 0.2) is 0 Å². The highest BCUT2D eigenvalue weighted by Crippen LogP contribution is 2.19. The highest BCUT2D eigenvalue weighted by Gasteiger charge is 2.11. The van der Waals surface area contributed by atoms with Gasteiger partial charge in [0.2, 0.25) is 0 Å². The molecule has 0 fully saturated rings. The lowest BCUT2D eigenvalue weighted by Gasteiger charge is -2.06. The van der Waals surface area contributed by atoms with E-state index in [0.717, 1.165) is 9.79 Å². The van der Waals surface area contributed by atoms with Crippen molar-refractivity contribution in [2.45, 2.75) is 23.6 Å². The molecule has 0 aromatic heterocycles. The van der Waals surface area contributed by atoms with Gasteiger partial charge in [0.1, 0.15) is 0 Å². The van der Waals surface area contributed by atoms with Gasteiger partial charge in [-0.1, -0.05) is 35.4 Å². The van der Waals surface area contributed by atoms with Gasteiger partial charge in [0.05, 0.1) is 13.2 Å². The van der Waals surface area contributed by atoms with Gasteiger partial charge in [-0.15, -0.1) is 23.5 Å². The van der Waals surface area contributed by atoms with E-state index < -0.39 is 10.4 Å². The number of hydrogen-bond donors (Lipinski definition) is 0. The summed E-state index contributed by atoms with van der Waals surface area (Å²) in [5.74, 6) is 1.09. The molecule has 0 spiro atoms. The predicted octanol–water partition coefficient (Wildman–Crippen LogP) is 4.47. The zero-order valence-corrected chi connectivity index (χ0v) is 16.8. The number of rotatable bonds is 10. The van der Waals surface area contributed by atoms with Crippen LogP contribution in [0, 0.1) is 13.8 Å². The molecule has 2 aromatic carbocycles. The average molecular weight is 399 g/mol. The minimum Gasteiger partial charge on any atom is -0.247 e. The lowest BCUT2D eigenvalue weighted by Crippen LogP contribution is -2.13. The Bertz CT molecular complexity index is 681. The van der Waals surface area contributed by atoms with Gasteiger partial charge in [0.25, 0.3) is 0 Å². The Kier molecular flexibility index (Phi) is 8.32. The molecule has 0 N–H and O–H groups in total. The molecular weight excluding hydrogens is 376 g/mol. The highest BCUT2D eigenvalue weighted by atomic mass is 32.3. The molecule has 0 unspecified atom stereocenters. The third kappa shape index (κ3) is 8.29. The topological polar surface area (TPSA) is 52.6 Å². The minimum absolute atomic E-state index is 0.0893. The van der Waals surface area contributed by atoms with E-state index in [-0.39, 0.29) is 13.2 Å². The first-order chi connectivity index (χ1) is 11.9. The van der Waals surface area contributed by atoms with Crippen LogP contribution in [-0.4, -0.2) is 33.1 Å². The molecule has 0 saturated carbocycles. The summed E-state index contributed by atoms with van der Waals surface area (Å²) in [5.41, 5.74) is 2.39. The fourth-order valence-electron chi connectivity index (χ4n) is 1.89. The van der Waals surface area contributed by atoms with Crippen LogP contribution in [-0.2, 0) is 18.8 Å². The van der Waals surface area contributed by atoms with E-state index in [4.69, 9.17) is 8.37 Å². The SMILES string of the molecule is Cc1ccc(SCCOS(=O)(=O)OCCSc2ccc(C)cc2)cc1. The monoisotopic (exact) mass is 398 g/mol. The number of thioether (sulfide) groups is 2. The Balaban J connectivity index is 1.60. The van der Waals surface area contributed by atoms with E-state index in [0.29, 0.717) is 11.5 Å². The van der Waals surface area contributed by atoms with Gasteiger partial charge in [-0.2, -0.15) is 8.42 Å². The van der Waals surface area contributed by atoms with Gasteiger partial charge in [0, 0.05) is 21.3 Å². The molecule has 0 amide bonds. The highest BCUT2D eigenvalue weighted by molar-refractivity contribution is 7.99. The van der Waals surface area contributed by atoms with Gasteiger partial charge < -0.3 is 0 Å². The third-order valence-corrected chi connectivity index (χ3v) is 6.06. The zero-order valence-electron chi connectivity index (χ0n) is 14.3. The summed E-state index contributed by atoms with van der Waals surface area (Å²) in [6.07, 6.45) is 0. The first-order valence-corrected chi connectivity index (χ1v) is 11.2. The van der Waals surface area contributed by atoms with E-state index in [1.54, 1.807) is 23.5 Å². The van der Waals surface area contributed by atoms with Gasteiger partial charge in [-0.3, -0.25) is 0 Å². The maximum atomic E-state index is 11.7. The molecule has 136 valence electrons. The van der Waals surface area contributed by atoms with Crippen molar-refractivity contribution in [1.82, 2.24) is 0 Å². The van der Waals surface area contributed by atoms with Crippen LogP contribution in [0.2, 0.25) is 0 Å². The van der Waals surface area contributed by atoms with Crippen molar-refractivity contribution >= 4 is 33.9 Å². The lowest BCUT2D eigenvalue weighted by molar-refractivity contribution is 0.233. The van der Waals surface area contributed by atoms with E-state index in [2.05, 4.69) is 0 Å². The second kappa shape index (κ2) is 10.2. The molecular formula is C18H22O4S3. The van der Waals surface area contributed by atoms with Crippen LogP contribution in [0.1, 0.15) is 11.1 Å². The normalized spacial score (nSPS) is 11.6. The van der Waals surface area contributed by atoms with Crippen molar-refractivity contribution in [2.24, 2.45) is 0 Å². The van der Waals surface area contributed by atoms with Crippen LogP contribution in [0.15, 0.2) is 58.3 Å². The van der Waals surface area contributed by atoms with Gasteiger partial charge >= 0.3 is 10.4 Å². The Hall–Kier alpha value is -0.990. The molecule has 7 heteroatoms. The number of hydrogen-bond acceptors (Lipinski definition) is 6. The van der Waals surface area contributed by atoms with Gasteiger partial charge in [-0.05, 0) is 38.1 Å². The second-order valence-electron chi connectivity index (χ2n) is 5.38. The van der Waals surface area contributed by atoms with Crippen LogP contribution < -0.4 is 0 Å². The molecule has 0 atom stereocenters. The van der Waals surface area contributed by atoms with Crippen molar-refractivity contribution in [2.75, 3.05) is 24.7 Å². The Morgan fingerprint density at radius 1 is 0.720 bits per heavy atom. The summed E-state index contributed by atoms with van der Waals surface area (Å²) in [6, 6.07) is 16.1. The Morgan fingerprint density at radius 3 is 1.44 bits per heavy atom. The van der Waals surface area contributed by atoms with Crippen molar-refractivity contribution in [1.29, 1.82) is 0 Å². The maximum absolute atomic E-state index is 11.7. The molecule has 0 heterocycles. The largest absolute Gasteiger partial charge is 0.399 e. The van der Waals surface area contributed by atoms with E-state index in [1.165, 1.54) is 11.1 Å². The summed E-state index contributed by atoms with van der Waals surface area (Å²) >= 11 is 3.09.